The van der Waals surface area contributed by atoms with E-state index in [-0.39, 0.29) is 11.5 Å². The van der Waals surface area contributed by atoms with Gasteiger partial charge in [-0.25, -0.2) is 4.98 Å². The van der Waals surface area contributed by atoms with Gasteiger partial charge in [-0.05, 0) is 37.7 Å². The average molecular weight is 418 g/mol. The summed E-state index contributed by atoms with van der Waals surface area (Å²) in [5.41, 5.74) is 2.07. The molecule has 2 aromatic heterocycles. The molecule has 0 saturated heterocycles. The molecule has 0 atom stereocenters. The van der Waals surface area contributed by atoms with Gasteiger partial charge in [-0.15, -0.1) is 11.3 Å². The van der Waals surface area contributed by atoms with Gasteiger partial charge in [-0.1, -0.05) is 51.4 Å². The number of aryl methyl sites for hydroxylation is 1. The third-order valence-corrected chi connectivity index (χ3v) is 6.45. The Bertz CT molecular complexity index is 1020. The number of halogens is 1. The number of rotatable bonds is 7. The fourth-order valence-electron chi connectivity index (χ4n) is 3.61. The summed E-state index contributed by atoms with van der Waals surface area (Å²) in [6.07, 6.45) is 0. The van der Waals surface area contributed by atoms with Crippen LogP contribution in [-0.4, -0.2) is 34.1 Å². The third kappa shape index (κ3) is 4.02. The second kappa shape index (κ2) is 8.76. The molecule has 3 aromatic rings. The van der Waals surface area contributed by atoms with Crippen molar-refractivity contribution in [2.24, 2.45) is 0 Å². The lowest BCUT2D eigenvalue weighted by molar-refractivity contribution is 0.286. The van der Waals surface area contributed by atoms with E-state index in [0.717, 1.165) is 51.7 Å². The number of likely N-dealkylation sites (N-methyl/N-ethyl adjacent to an activating group) is 1. The van der Waals surface area contributed by atoms with Crippen LogP contribution in [0.3, 0.4) is 0 Å². The fraction of sp³-hybridized carbons (Fsp3) is 0.455. The third-order valence-electron chi connectivity index (χ3n) is 5.20. The summed E-state index contributed by atoms with van der Waals surface area (Å²) >= 11 is 7.66. The Kier molecular flexibility index (Phi) is 6.58. The Morgan fingerprint density at radius 1 is 1.18 bits per heavy atom. The van der Waals surface area contributed by atoms with Crippen LogP contribution in [0.1, 0.15) is 44.3 Å². The van der Waals surface area contributed by atoms with Crippen molar-refractivity contribution >= 4 is 33.2 Å². The minimum absolute atomic E-state index is 0.0650. The summed E-state index contributed by atoms with van der Waals surface area (Å²) in [5, 5.41) is 1.42. The second-order valence-corrected chi connectivity index (χ2v) is 8.97. The lowest BCUT2D eigenvalue weighted by Gasteiger charge is -2.21. The van der Waals surface area contributed by atoms with Crippen molar-refractivity contribution in [2.45, 2.75) is 47.1 Å². The van der Waals surface area contributed by atoms with Gasteiger partial charge in [0.2, 0.25) is 0 Å². The van der Waals surface area contributed by atoms with Gasteiger partial charge in [-0.3, -0.25) is 9.36 Å². The van der Waals surface area contributed by atoms with E-state index in [4.69, 9.17) is 16.6 Å². The monoisotopic (exact) mass is 417 g/mol. The number of benzene rings is 1. The molecule has 0 N–H and O–H groups in total. The summed E-state index contributed by atoms with van der Waals surface area (Å²) in [7, 11) is 0. The number of nitrogens with zero attached hydrogens (tertiary/aromatic N) is 3. The molecule has 2 heterocycles. The van der Waals surface area contributed by atoms with E-state index in [2.05, 4.69) is 39.5 Å². The normalized spacial score (nSPS) is 11.9. The predicted molar refractivity (Wildman–Crippen MR) is 121 cm³/mol. The molecule has 0 aliphatic rings. The Morgan fingerprint density at radius 3 is 2.39 bits per heavy atom. The SMILES string of the molecule is CCN(CC)CCn1c(C(C)C)nc2sc(C)c(-c3ccc(Cl)cc3)c2c1=O. The summed E-state index contributed by atoms with van der Waals surface area (Å²) in [5.74, 6) is 1.06. The Labute approximate surface area is 175 Å². The van der Waals surface area contributed by atoms with Crippen LogP contribution in [0.15, 0.2) is 29.1 Å². The van der Waals surface area contributed by atoms with Crippen LogP contribution in [0, 0.1) is 6.92 Å². The number of fused-ring (bicyclic) bond motifs is 1. The van der Waals surface area contributed by atoms with Gasteiger partial charge in [0.25, 0.3) is 5.56 Å². The van der Waals surface area contributed by atoms with E-state index >= 15 is 0 Å². The first-order chi connectivity index (χ1) is 13.4. The maximum atomic E-state index is 13.6. The van der Waals surface area contributed by atoms with E-state index < -0.39 is 0 Å². The molecule has 0 radical (unpaired) electrons. The zero-order chi connectivity index (χ0) is 20.4. The molecule has 4 nitrogen and oxygen atoms in total. The number of hydrogen-bond acceptors (Lipinski definition) is 4. The topological polar surface area (TPSA) is 38.1 Å². The van der Waals surface area contributed by atoms with Gasteiger partial charge >= 0.3 is 0 Å². The van der Waals surface area contributed by atoms with Crippen LogP contribution in [0.4, 0.5) is 0 Å². The number of hydrogen-bond donors (Lipinski definition) is 0. The molecule has 0 amide bonds. The summed E-state index contributed by atoms with van der Waals surface area (Å²) in [6.45, 7) is 14.0. The first-order valence-corrected chi connectivity index (χ1v) is 11.1. The highest BCUT2D eigenvalue weighted by Gasteiger charge is 2.21. The van der Waals surface area contributed by atoms with Crippen LogP contribution in [0.2, 0.25) is 5.02 Å². The van der Waals surface area contributed by atoms with Crippen molar-refractivity contribution in [1.82, 2.24) is 14.5 Å². The predicted octanol–water partition coefficient (Wildman–Crippen LogP) is 5.55. The molecule has 0 bridgehead atoms. The number of thiophene rings is 1. The summed E-state index contributed by atoms with van der Waals surface area (Å²) < 4.78 is 1.89. The molecule has 28 heavy (non-hydrogen) atoms. The molecule has 150 valence electrons. The molecule has 1 aromatic carbocycles. The van der Waals surface area contributed by atoms with Crippen LogP contribution in [0.5, 0.6) is 0 Å². The standard InChI is InChI=1S/C22H28ClN3OS/c1-6-25(7-2)12-13-26-20(14(3)4)24-21-19(22(26)27)18(15(5)28-21)16-8-10-17(23)11-9-16/h8-11,14H,6-7,12-13H2,1-5H3. The minimum Gasteiger partial charge on any atom is -0.302 e. The highest BCUT2D eigenvalue weighted by Crippen LogP contribution is 2.36. The van der Waals surface area contributed by atoms with E-state index in [9.17, 15) is 4.79 Å². The highest BCUT2D eigenvalue weighted by atomic mass is 35.5. The molecule has 0 saturated carbocycles. The molecule has 0 spiro atoms. The first-order valence-electron chi connectivity index (χ1n) is 9.89. The molecular formula is C22H28ClN3OS. The molecule has 0 aliphatic carbocycles. The van der Waals surface area contributed by atoms with Crippen LogP contribution >= 0.6 is 22.9 Å². The Morgan fingerprint density at radius 2 is 1.82 bits per heavy atom. The zero-order valence-corrected chi connectivity index (χ0v) is 18.8. The number of aromatic nitrogens is 2. The van der Waals surface area contributed by atoms with E-state index in [0.29, 0.717) is 11.6 Å². The molecule has 0 unspecified atom stereocenters. The molecule has 0 fully saturated rings. The van der Waals surface area contributed by atoms with Gasteiger partial charge in [0.15, 0.2) is 0 Å². The lowest BCUT2D eigenvalue weighted by atomic mass is 10.0. The van der Waals surface area contributed by atoms with E-state index in [1.165, 1.54) is 0 Å². The van der Waals surface area contributed by atoms with E-state index in [1.54, 1.807) is 11.3 Å². The highest BCUT2D eigenvalue weighted by molar-refractivity contribution is 7.19. The molecule has 3 rings (SSSR count). The summed E-state index contributed by atoms with van der Waals surface area (Å²) in [6, 6.07) is 7.70. The Hall–Kier alpha value is -1.69. The van der Waals surface area contributed by atoms with Crippen molar-refractivity contribution in [3.63, 3.8) is 0 Å². The Balaban J connectivity index is 2.20. The van der Waals surface area contributed by atoms with Crippen molar-refractivity contribution in [3.05, 3.63) is 50.3 Å². The van der Waals surface area contributed by atoms with Gasteiger partial charge in [0.1, 0.15) is 10.7 Å². The van der Waals surface area contributed by atoms with Crippen LogP contribution in [0.25, 0.3) is 21.3 Å². The van der Waals surface area contributed by atoms with Crippen LogP contribution < -0.4 is 5.56 Å². The zero-order valence-electron chi connectivity index (χ0n) is 17.3. The van der Waals surface area contributed by atoms with Crippen molar-refractivity contribution in [2.75, 3.05) is 19.6 Å². The van der Waals surface area contributed by atoms with Crippen molar-refractivity contribution < 1.29 is 0 Å². The van der Waals surface area contributed by atoms with E-state index in [1.807, 2.05) is 28.8 Å². The van der Waals surface area contributed by atoms with Crippen molar-refractivity contribution in [1.29, 1.82) is 0 Å². The second-order valence-electron chi connectivity index (χ2n) is 7.33. The molecule has 6 heteroatoms. The van der Waals surface area contributed by atoms with Crippen LogP contribution in [-0.2, 0) is 6.54 Å². The largest absolute Gasteiger partial charge is 0.302 e. The van der Waals surface area contributed by atoms with Gasteiger partial charge < -0.3 is 4.90 Å². The summed E-state index contributed by atoms with van der Waals surface area (Å²) in [4.78, 5) is 22.8. The van der Waals surface area contributed by atoms with Gasteiger partial charge in [-0.2, -0.15) is 0 Å². The van der Waals surface area contributed by atoms with Gasteiger partial charge in [0, 0.05) is 34.5 Å². The lowest BCUT2D eigenvalue weighted by Crippen LogP contribution is -2.33. The van der Waals surface area contributed by atoms with Crippen molar-refractivity contribution in [3.8, 4) is 11.1 Å². The van der Waals surface area contributed by atoms with Gasteiger partial charge in [0.05, 0.1) is 5.39 Å². The maximum Gasteiger partial charge on any atom is 0.262 e. The molecule has 0 aliphatic heterocycles. The fourth-order valence-corrected chi connectivity index (χ4v) is 4.78. The molecular weight excluding hydrogens is 390 g/mol. The minimum atomic E-state index is 0.0650. The quantitative estimate of drug-likeness (QED) is 0.505. The smallest absolute Gasteiger partial charge is 0.262 e. The average Bonchev–Trinajstić information content (AvgIpc) is 3.00. The first kappa shape index (κ1) is 21.0. The maximum absolute atomic E-state index is 13.6.